The largest absolute Gasteiger partial charge is 0.490 e. The fourth-order valence-electron chi connectivity index (χ4n) is 5.04. The van der Waals surface area contributed by atoms with Crippen molar-refractivity contribution in [3.8, 4) is 0 Å². The van der Waals surface area contributed by atoms with E-state index in [0.717, 1.165) is 11.1 Å². The van der Waals surface area contributed by atoms with E-state index in [1.807, 2.05) is 52.0 Å². The third-order valence-corrected chi connectivity index (χ3v) is 6.89. The Kier molecular flexibility index (Phi) is 10.4. The summed E-state index contributed by atoms with van der Waals surface area (Å²) in [6.45, 7) is 8.00. The number of carbonyl (C=O) groups is 2. The second-order valence-corrected chi connectivity index (χ2v) is 8.83. The summed E-state index contributed by atoms with van der Waals surface area (Å²) in [6, 6.07) is 14.5. The lowest BCUT2D eigenvalue weighted by Crippen LogP contribution is -2.51. The van der Waals surface area contributed by atoms with E-state index in [2.05, 4.69) is 0 Å². The number of carbonyl (C=O) groups excluding carboxylic acids is 2. The van der Waals surface area contributed by atoms with Gasteiger partial charge in [-0.1, -0.05) is 75.7 Å². The Morgan fingerprint density at radius 1 is 0.943 bits per heavy atom. The van der Waals surface area contributed by atoms with Gasteiger partial charge in [-0.25, -0.2) is 4.79 Å². The van der Waals surface area contributed by atoms with Crippen molar-refractivity contribution >= 4 is 23.4 Å². The third-order valence-electron chi connectivity index (χ3n) is 6.64. The van der Waals surface area contributed by atoms with Gasteiger partial charge < -0.3 is 4.74 Å². The quantitative estimate of drug-likeness (QED) is 0.390. The van der Waals surface area contributed by atoms with Gasteiger partial charge in [0.15, 0.2) is 5.78 Å². The van der Waals surface area contributed by atoms with Crippen LogP contribution in [-0.4, -0.2) is 23.5 Å². The van der Waals surface area contributed by atoms with Gasteiger partial charge in [0, 0.05) is 10.6 Å². The molecule has 3 nitrogen and oxygen atoms in total. The number of aryl methyl sites for hydroxylation is 1. The summed E-state index contributed by atoms with van der Waals surface area (Å²) in [6.07, 6.45) is -2.70. The zero-order valence-electron chi connectivity index (χ0n) is 20.8. The molecule has 4 rings (SSSR count). The number of Topliss-reactive ketones (excluding diaryl/α,β-unsaturated/α-hetero) is 1. The van der Waals surface area contributed by atoms with Crippen LogP contribution in [0.1, 0.15) is 87.2 Å². The van der Waals surface area contributed by atoms with E-state index in [4.69, 9.17) is 16.3 Å². The van der Waals surface area contributed by atoms with Crippen LogP contribution < -0.4 is 0 Å². The Balaban J connectivity index is 0.00000103. The lowest BCUT2D eigenvalue weighted by molar-refractivity contribution is -0.221. The Labute approximate surface area is 211 Å². The van der Waals surface area contributed by atoms with Crippen LogP contribution in [0.5, 0.6) is 0 Å². The SMILES string of the molecule is CC.CC.O=C1c2ccccc2CCC1C1(OC(=O)C(F)(F)F)CCC(c2ccc(Cl)cc2)CC1. The van der Waals surface area contributed by atoms with Gasteiger partial charge in [0.2, 0.25) is 0 Å². The minimum Gasteiger partial charge on any atom is -0.452 e. The van der Waals surface area contributed by atoms with Crippen LogP contribution in [0.15, 0.2) is 48.5 Å². The molecule has 0 N–H and O–H groups in total. The van der Waals surface area contributed by atoms with Gasteiger partial charge in [0.25, 0.3) is 0 Å². The molecule has 2 aromatic rings. The molecule has 0 bridgehead atoms. The van der Waals surface area contributed by atoms with Crippen LogP contribution in [0.2, 0.25) is 5.02 Å². The molecule has 0 aliphatic heterocycles. The second kappa shape index (κ2) is 12.6. The molecule has 1 unspecified atom stereocenters. The molecule has 0 aromatic heterocycles. The molecular weight excluding hydrogens is 477 g/mol. The Morgan fingerprint density at radius 3 is 2.09 bits per heavy atom. The lowest BCUT2D eigenvalue weighted by Gasteiger charge is -2.45. The first-order chi connectivity index (χ1) is 16.7. The van der Waals surface area contributed by atoms with E-state index in [-0.39, 0.29) is 24.5 Å². The Hall–Kier alpha value is -2.34. The van der Waals surface area contributed by atoms with Crippen molar-refractivity contribution in [2.45, 2.75) is 83.9 Å². The number of ketones is 1. The molecule has 2 aromatic carbocycles. The van der Waals surface area contributed by atoms with E-state index in [1.165, 1.54) is 0 Å². The van der Waals surface area contributed by atoms with Gasteiger partial charge in [0.05, 0.1) is 5.92 Å². The number of hydrogen-bond donors (Lipinski definition) is 0. The molecule has 192 valence electrons. The van der Waals surface area contributed by atoms with Crippen molar-refractivity contribution in [3.63, 3.8) is 0 Å². The van der Waals surface area contributed by atoms with Gasteiger partial charge in [0.1, 0.15) is 5.60 Å². The molecule has 0 saturated heterocycles. The number of fused-ring (bicyclic) bond motifs is 1. The molecule has 2 aliphatic rings. The zero-order valence-corrected chi connectivity index (χ0v) is 21.5. The summed E-state index contributed by atoms with van der Waals surface area (Å²) in [5.41, 5.74) is 0.998. The van der Waals surface area contributed by atoms with E-state index in [0.29, 0.717) is 36.3 Å². The normalized spacial score (nSPS) is 23.6. The van der Waals surface area contributed by atoms with Gasteiger partial charge in [-0.15, -0.1) is 0 Å². The molecule has 1 fully saturated rings. The van der Waals surface area contributed by atoms with Crippen LogP contribution in [0.3, 0.4) is 0 Å². The minimum atomic E-state index is -5.10. The number of rotatable bonds is 3. The molecule has 0 amide bonds. The number of halogens is 4. The van der Waals surface area contributed by atoms with E-state index >= 15 is 0 Å². The first-order valence-corrected chi connectivity index (χ1v) is 12.8. The second-order valence-electron chi connectivity index (χ2n) is 8.39. The fraction of sp³-hybridized carbons (Fsp3) is 0.500. The fourth-order valence-corrected chi connectivity index (χ4v) is 5.16. The molecule has 2 aliphatic carbocycles. The third kappa shape index (κ3) is 6.66. The van der Waals surface area contributed by atoms with Crippen LogP contribution in [0.25, 0.3) is 0 Å². The van der Waals surface area contributed by atoms with Gasteiger partial charge >= 0.3 is 12.1 Å². The van der Waals surface area contributed by atoms with Crippen LogP contribution in [0, 0.1) is 5.92 Å². The zero-order chi connectivity index (χ0) is 26.2. The summed E-state index contributed by atoms with van der Waals surface area (Å²) in [5, 5.41) is 0.611. The number of hydrogen-bond acceptors (Lipinski definition) is 3. The summed E-state index contributed by atoms with van der Waals surface area (Å²) < 4.78 is 44.4. The highest BCUT2D eigenvalue weighted by molar-refractivity contribution is 6.30. The van der Waals surface area contributed by atoms with Crippen molar-refractivity contribution in [1.82, 2.24) is 0 Å². The highest BCUT2D eigenvalue weighted by Crippen LogP contribution is 2.48. The predicted molar refractivity (Wildman–Crippen MR) is 133 cm³/mol. The Morgan fingerprint density at radius 2 is 1.51 bits per heavy atom. The average Bonchev–Trinajstić information content (AvgIpc) is 2.87. The van der Waals surface area contributed by atoms with Gasteiger partial charge in [-0.2, -0.15) is 13.2 Å². The summed E-state index contributed by atoms with van der Waals surface area (Å²) in [5.74, 6) is -3.12. The van der Waals surface area contributed by atoms with Crippen molar-refractivity contribution in [2.75, 3.05) is 0 Å². The molecule has 0 spiro atoms. The standard InChI is InChI=1S/C24H22ClF3O3.2C2H6/c25-18-8-5-15(6-9-18)16-11-13-23(14-12-16,31-22(30)24(26,27)28)20-10-7-17-3-1-2-4-19(17)21(20)29;2*1-2/h1-6,8-9,16,20H,7,10-14H2;2*1-2H3. The van der Waals surface area contributed by atoms with Crippen molar-refractivity contribution in [3.05, 3.63) is 70.2 Å². The monoisotopic (exact) mass is 510 g/mol. The minimum absolute atomic E-state index is 0.112. The maximum Gasteiger partial charge on any atom is 0.490 e. The lowest BCUT2D eigenvalue weighted by atomic mass is 9.65. The van der Waals surface area contributed by atoms with E-state index in [9.17, 15) is 22.8 Å². The highest BCUT2D eigenvalue weighted by Gasteiger charge is 2.53. The average molecular weight is 511 g/mol. The van der Waals surface area contributed by atoms with E-state index in [1.54, 1.807) is 24.3 Å². The van der Waals surface area contributed by atoms with Gasteiger partial charge in [-0.05, 0) is 67.7 Å². The highest BCUT2D eigenvalue weighted by atomic mass is 35.5. The topological polar surface area (TPSA) is 43.4 Å². The molecule has 7 heteroatoms. The molecular formula is C28H34ClF3O3. The molecule has 35 heavy (non-hydrogen) atoms. The number of benzene rings is 2. The predicted octanol–water partition coefficient (Wildman–Crippen LogP) is 8.34. The first kappa shape index (κ1) is 28.9. The summed E-state index contributed by atoms with van der Waals surface area (Å²) in [4.78, 5) is 25.1. The summed E-state index contributed by atoms with van der Waals surface area (Å²) in [7, 11) is 0. The number of ether oxygens (including phenoxy) is 1. The molecule has 0 radical (unpaired) electrons. The Bertz CT molecular complexity index is 978. The smallest absolute Gasteiger partial charge is 0.452 e. The molecule has 1 saturated carbocycles. The first-order valence-electron chi connectivity index (χ1n) is 12.4. The summed E-state index contributed by atoms with van der Waals surface area (Å²) >= 11 is 5.95. The number of alkyl halides is 3. The van der Waals surface area contributed by atoms with Crippen molar-refractivity contribution < 1.29 is 27.5 Å². The van der Waals surface area contributed by atoms with Gasteiger partial charge in [-0.3, -0.25) is 4.79 Å². The van der Waals surface area contributed by atoms with E-state index < -0.39 is 23.7 Å². The van der Waals surface area contributed by atoms with Crippen LogP contribution >= 0.6 is 11.6 Å². The van der Waals surface area contributed by atoms with Crippen molar-refractivity contribution in [2.24, 2.45) is 5.92 Å². The maximum absolute atomic E-state index is 13.3. The van der Waals surface area contributed by atoms with Crippen LogP contribution in [-0.2, 0) is 16.0 Å². The van der Waals surface area contributed by atoms with Crippen LogP contribution in [0.4, 0.5) is 13.2 Å². The molecule has 0 heterocycles. The molecule has 1 atom stereocenters. The van der Waals surface area contributed by atoms with Crippen molar-refractivity contribution in [1.29, 1.82) is 0 Å². The maximum atomic E-state index is 13.3. The number of esters is 1.